The quantitative estimate of drug-likeness (QED) is 0.281. The minimum Gasteiger partial charge on any atom is -0.547 e. The maximum atomic E-state index is 9.63. The first-order valence-corrected chi connectivity index (χ1v) is 4.49. The van der Waals surface area contributed by atoms with Crippen molar-refractivity contribution < 1.29 is 60.0 Å². The number of carbonyl (C=O) groups excluding carboxylic acids is 4. The monoisotopic (exact) mass is 341 g/mol. The van der Waals surface area contributed by atoms with Crippen molar-refractivity contribution in [1.29, 1.82) is 0 Å². The van der Waals surface area contributed by atoms with E-state index in [2.05, 4.69) is 0 Å². The molecule has 0 spiro atoms. The SMILES string of the molecule is O=C([O-])C(O)C(O)C(=O)[O-].O=C([O-])C(O)C(O)C(=O)[O-].[Al+3].[NH4+]. The third kappa shape index (κ3) is 10.9. The first-order valence-electron chi connectivity index (χ1n) is 4.49. The van der Waals surface area contributed by atoms with Crippen LogP contribution in [0.1, 0.15) is 0 Å². The topological polar surface area (TPSA) is 278 Å². The molecule has 124 valence electrons. The summed E-state index contributed by atoms with van der Waals surface area (Å²) in [5.74, 6) is -8.23. The van der Waals surface area contributed by atoms with Crippen molar-refractivity contribution in [3.8, 4) is 0 Å². The number of carbonyl (C=O) groups is 4. The summed E-state index contributed by atoms with van der Waals surface area (Å²) in [5, 5.41) is 71.5. The van der Waals surface area contributed by atoms with E-state index in [1.807, 2.05) is 0 Å². The summed E-state index contributed by atoms with van der Waals surface area (Å²) in [7, 11) is 0. The predicted octanol–water partition coefficient (Wildman–Crippen LogP) is -9.59. The normalized spacial score (nSPS) is 14.4. The van der Waals surface area contributed by atoms with Crippen molar-refractivity contribution in [2.45, 2.75) is 24.4 Å². The van der Waals surface area contributed by atoms with Crippen LogP contribution in [0.5, 0.6) is 0 Å². The van der Waals surface area contributed by atoms with Gasteiger partial charge < -0.3 is 66.2 Å². The minimum atomic E-state index is -2.44. The molecule has 0 aromatic carbocycles. The van der Waals surface area contributed by atoms with E-state index < -0.39 is 48.3 Å². The number of carboxylic acid groups (broad SMARTS) is 4. The molecule has 0 rings (SSSR count). The van der Waals surface area contributed by atoms with Crippen LogP contribution < -0.4 is 26.6 Å². The Morgan fingerprint density at radius 3 is 0.682 bits per heavy atom. The Balaban J connectivity index is -0.000000135. The molecule has 0 aliphatic rings. The summed E-state index contributed by atoms with van der Waals surface area (Å²) in [6.07, 6.45) is -9.76. The van der Waals surface area contributed by atoms with E-state index >= 15 is 0 Å². The van der Waals surface area contributed by atoms with Crippen LogP contribution in [0.15, 0.2) is 0 Å². The van der Waals surface area contributed by atoms with E-state index in [1.165, 1.54) is 0 Å². The molecular weight excluding hydrogens is 329 g/mol. The fourth-order valence-corrected chi connectivity index (χ4v) is 0.516. The van der Waals surface area contributed by atoms with Gasteiger partial charge in [-0.25, -0.2) is 0 Å². The smallest absolute Gasteiger partial charge is 0.547 e. The predicted molar refractivity (Wildman–Crippen MR) is 55.8 cm³/mol. The molecule has 0 aromatic heterocycles. The third-order valence-corrected chi connectivity index (χ3v) is 1.56. The van der Waals surface area contributed by atoms with Gasteiger partial charge in [-0.05, 0) is 0 Å². The number of quaternary nitrogens is 1. The summed E-state index contributed by atoms with van der Waals surface area (Å²) in [6, 6.07) is 0. The standard InChI is InChI=1S/2C4H6O6.Al.H3N/c2*5-1(3(7)8)2(6)4(9)10;;/h2*1-2,5-6H,(H,7,8)(H,9,10);;1H3/q;;+3;/p-3. The maximum Gasteiger partial charge on any atom is 3.00 e. The van der Waals surface area contributed by atoms with Crippen molar-refractivity contribution in [3.63, 3.8) is 0 Å². The minimum absolute atomic E-state index is 0. The molecule has 4 atom stereocenters. The van der Waals surface area contributed by atoms with Crippen LogP contribution in [0.2, 0.25) is 0 Å². The summed E-state index contributed by atoms with van der Waals surface area (Å²) >= 11 is 0. The number of hydrogen-bond acceptors (Lipinski definition) is 12. The van der Waals surface area contributed by atoms with Gasteiger partial charge in [0.25, 0.3) is 0 Å². The van der Waals surface area contributed by atoms with Gasteiger partial charge in [0.1, 0.15) is 24.4 Å². The zero-order valence-corrected chi connectivity index (χ0v) is 12.1. The Morgan fingerprint density at radius 2 is 0.636 bits per heavy atom. The summed E-state index contributed by atoms with van der Waals surface area (Å²) in [6.45, 7) is 0. The zero-order chi connectivity index (χ0) is 16.6. The van der Waals surface area contributed by atoms with E-state index in [9.17, 15) is 39.6 Å². The first kappa shape index (κ1) is 28.4. The van der Waals surface area contributed by atoms with Gasteiger partial charge in [-0.1, -0.05) is 0 Å². The van der Waals surface area contributed by atoms with Crippen molar-refractivity contribution in [1.82, 2.24) is 6.15 Å². The molecule has 13 nitrogen and oxygen atoms in total. The van der Waals surface area contributed by atoms with E-state index in [0.717, 1.165) is 0 Å². The van der Waals surface area contributed by atoms with Crippen molar-refractivity contribution >= 4 is 41.2 Å². The number of rotatable bonds is 6. The molecule has 0 aliphatic heterocycles. The second-order valence-electron chi connectivity index (χ2n) is 3.06. The molecule has 0 aromatic rings. The number of hydrogen-bond donors (Lipinski definition) is 5. The van der Waals surface area contributed by atoms with Crippen LogP contribution in [0.25, 0.3) is 0 Å². The van der Waals surface area contributed by atoms with Crippen molar-refractivity contribution in [2.75, 3.05) is 0 Å². The molecule has 0 saturated heterocycles. The molecule has 0 fully saturated rings. The molecule has 8 N–H and O–H groups in total. The van der Waals surface area contributed by atoms with Crippen LogP contribution >= 0.6 is 0 Å². The van der Waals surface area contributed by atoms with Crippen LogP contribution in [-0.2, 0) is 19.2 Å². The Morgan fingerprint density at radius 1 is 0.545 bits per heavy atom. The number of aliphatic carboxylic acids is 4. The fourth-order valence-electron chi connectivity index (χ4n) is 0.516. The molecule has 4 unspecified atom stereocenters. The molecule has 22 heavy (non-hydrogen) atoms. The number of carboxylic acids is 4. The third-order valence-electron chi connectivity index (χ3n) is 1.56. The second kappa shape index (κ2) is 12.9. The Kier molecular flexibility index (Phi) is 16.7. The molecule has 14 heteroatoms. The van der Waals surface area contributed by atoms with Crippen LogP contribution in [-0.4, -0.2) is 86.1 Å². The second-order valence-corrected chi connectivity index (χ2v) is 3.06. The maximum absolute atomic E-state index is 9.63. The van der Waals surface area contributed by atoms with Gasteiger partial charge in [0, 0.05) is 0 Å². The van der Waals surface area contributed by atoms with E-state index in [1.54, 1.807) is 0 Å². The Labute approximate surface area is 132 Å². The average molecular weight is 341 g/mol. The summed E-state index contributed by atoms with van der Waals surface area (Å²) in [5.41, 5.74) is 0. The molecule has 0 radical (unpaired) electrons. The van der Waals surface area contributed by atoms with Gasteiger partial charge in [0.05, 0.1) is 23.9 Å². The van der Waals surface area contributed by atoms with Gasteiger partial charge in [0.15, 0.2) is 0 Å². The van der Waals surface area contributed by atoms with E-state index in [0.29, 0.717) is 0 Å². The van der Waals surface area contributed by atoms with Gasteiger partial charge in [-0.3, -0.25) is 0 Å². The largest absolute Gasteiger partial charge is 3.00 e. The van der Waals surface area contributed by atoms with E-state index in [-0.39, 0.29) is 23.5 Å². The van der Waals surface area contributed by atoms with Gasteiger partial charge in [-0.2, -0.15) is 0 Å². The summed E-state index contributed by atoms with van der Waals surface area (Å²) in [4.78, 5) is 38.5. The molecule has 0 heterocycles. The molecule has 0 saturated carbocycles. The van der Waals surface area contributed by atoms with Crippen LogP contribution in [0.3, 0.4) is 0 Å². The average Bonchev–Trinajstić information content (AvgIpc) is 2.35. The summed E-state index contributed by atoms with van der Waals surface area (Å²) < 4.78 is 0. The Hall–Kier alpha value is -1.79. The van der Waals surface area contributed by atoms with Crippen molar-refractivity contribution in [2.24, 2.45) is 0 Å². The number of aliphatic hydroxyl groups is 4. The van der Waals surface area contributed by atoms with Crippen LogP contribution in [0.4, 0.5) is 0 Å². The van der Waals surface area contributed by atoms with Gasteiger partial charge in [0.2, 0.25) is 0 Å². The van der Waals surface area contributed by atoms with Crippen molar-refractivity contribution in [3.05, 3.63) is 0 Å². The van der Waals surface area contributed by atoms with Crippen LogP contribution in [0, 0.1) is 0 Å². The number of aliphatic hydroxyl groups excluding tert-OH is 4. The van der Waals surface area contributed by atoms with Gasteiger partial charge >= 0.3 is 17.4 Å². The molecule has 0 amide bonds. The molecular formula is C8H12AlNO12. The zero-order valence-electron chi connectivity index (χ0n) is 10.9. The first-order chi connectivity index (χ1) is 8.93. The molecule has 0 aliphatic carbocycles. The molecule has 0 bridgehead atoms. The fraction of sp³-hybridized carbons (Fsp3) is 0.500. The Bertz CT molecular complexity index is 315. The van der Waals surface area contributed by atoms with Gasteiger partial charge in [-0.15, -0.1) is 0 Å². The van der Waals surface area contributed by atoms with E-state index in [4.69, 9.17) is 20.4 Å².